The Balaban J connectivity index is 0.00000147. The number of nitrogens with one attached hydrogen (secondary N) is 1. The Morgan fingerprint density at radius 1 is 1.45 bits per heavy atom. The lowest BCUT2D eigenvalue weighted by Gasteiger charge is -2.07. The topological polar surface area (TPSA) is 115 Å². The van der Waals surface area contributed by atoms with E-state index in [1.807, 2.05) is 13.0 Å². The lowest BCUT2D eigenvalue weighted by Crippen LogP contribution is -2.13. The minimum Gasteiger partial charge on any atom is -0.344 e. The van der Waals surface area contributed by atoms with Gasteiger partial charge in [0.2, 0.25) is 0 Å². The van der Waals surface area contributed by atoms with E-state index in [1.165, 1.54) is 12.8 Å². The monoisotopic (exact) mass is 338 g/mol. The highest BCUT2D eigenvalue weighted by Gasteiger charge is 2.28. The summed E-state index contributed by atoms with van der Waals surface area (Å²) in [5.41, 5.74) is 7.72. The Bertz CT molecular complexity index is 592. The number of nitrogens with zero attached hydrogens (tertiary/aromatic N) is 3. The van der Waals surface area contributed by atoms with Gasteiger partial charge in [-0.3, -0.25) is 0 Å². The third-order valence-corrected chi connectivity index (χ3v) is 3.92. The van der Waals surface area contributed by atoms with E-state index in [-0.39, 0.29) is 12.2 Å². The van der Waals surface area contributed by atoms with Crippen LogP contribution in [0.1, 0.15) is 49.8 Å². The van der Waals surface area contributed by atoms with Crippen molar-refractivity contribution in [3.05, 3.63) is 28.5 Å². The molecule has 2 aromatic heterocycles. The molecule has 108 valence electrons. The molecular weight excluding hydrogens is 320 g/mol. The van der Waals surface area contributed by atoms with Crippen molar-refractivity contribution in [2.75, 3.05) is 0 Å². The van der Waals surface area contributed by atoms with Crippen LogP contribution >= 0.6 is 15.9 Å². The molecule has 0 radical (unpaired) electrons. The number of rotatable bonds is 4. The molecular formula is C13H19BrN6. The lowest BCUT2D eigenvalue weighted by molar-refractivity contribution is 0.649. The van der Waals surface area contributed by atoms with Gasteiger partial charge in [0.25, 0.3) is 0 Å². The van der Waals surface area contributed by atoms with Gasteiger partial charge >= 0.3 is 0 Å². The predicted molar refractivity (Wildman–Crippen MR) is 81.5 cm³/mol. The van der Waals surface area contributed by atoms with Crippen molar-refractivity contribution in [2.45, 2.75) is 38.1 Å². The fourth-order valence-electron chi connectivity index (χ4n) is 1.96. The van der Waals surface area contributed by atoms with Crippen molar-refractivity contribution in [2.24, 2.45) is 5.73 Å². The summed E-state index contributed by atoms with van der Waals surface area (Å²) in [5, 5.41) is 0. The van der Waals surface area contributed by atoms with Crippen LogP contribution in [-0.2, 0) is 0 Å². The van der Waals surface area contributed by atoms with Crippen LogP contribution in [0.4, 0.5) is 0 Å². The molecule has 0 amide bonds. The Labute approximate surface area is 126 Å². The molecule has 0 aliphatic heterocycles. The first-order valence-corrected chi connectivity index (χ1v) is 7.32. The lowest BCUT2D eigenvalue weighted by atomic mass is 10.2. The van der Waals surface area contributed by atoms with Gasteiger partial charge in [0, 0.05) is 12.1 Å². The van der Waals surface area contributed by atoms with Crippen LogP contribution in [0.2, 0.25) is 0 Å². The van der Waals surface area contributed by atoms with E-state index in [9.17, 15) is 0 Å². The van der Waals surface area contributed by atoms with Gasteiger partial charge in [0.05, 0.1) is 17.4 Å². The van der Waals surface area contributed by atoms with Gasteiger partial charge in [0.15, 0.2) is 0 Å². The third kappa shape index (κ3) is 2.89. The van der Waals surface area contributed by atoms with E-state index in [0.29, 0.717) is 11.7 Å². The number of H-pyrrole nitrogens is 1. The van der Waals surface area contributed by atoms with Crippen LogP contribution in [0.25, 0.3) is 11.4 Å². The molecule has 1 aliphatic rings. The van der Waals surface area contributed by atoms with Crippen molar-refractivity contribution in [3.63, 3.8) is 0 Å². The van der Waals surface area contributed by atoms with E-state index in [1.54, 1.807) is 6.20 Å². The van der Waals surface area contributed by atoms with E-state index in [2.05, 4.69) is 35.9 Å². The molecule has 0 bridgehead atoms. The van der Waals surface area contributed by atoms with Gasteiger partial charge in [-0.2, -0.15) is 0 Å². The third-order valence-electron chi connectivity index (χ3n) is 3.34. The summed E-state index contributed by atoms with van der Waals surface area (Å²) in [6.07, 6.45) is 5.00. The standard InChI is InChI=1S/C13H16BrN5.H3N/c1-2-8(15)13-16-6-5-9(17-13)10-11(14)19-12(18-10)7-3-4-7;/h5-8H,2-4,15H2,1H3,(H,18,19);1H3/t8-;/m0./s1. The van der Waals surface area contributed by atoms with Crippen LogP contribution < -0.4 is 11.9 Å². The molecule has 2 heterocycles. The molecule has 1 atom stereocenters. The molecule has 3 rings (SSSR count). The maximum atomic E-state index is 5.98. The van der Waals surface area contributed by atoms with Crippen molar-refractivity contribution in [3.8, 4) is 11.4 Å². The summed E-state index contributed by atoms with van der Waals surface area (Å²) in [4.78, 5) is 16.6. The maximum Gasteiger partial charge on any atom is 0.145 e. The van der Waals surface area contributed by atoms with Crippen molar-refractivity contribution in [1.82, 2.24) is 26.1 Å². The van der Waals surface area contributed by atoms with Gasteiger partial charge < -0.3 is 16.9 Å². The number of imidazole rings is 1. The SMILES string of the molecule is CC[C@H](N)c1nccc(-c2[nH]c(C3CC3)nc2Br)n1.N. The van der Waals surface area contributed by atoms with E-state index in [4.69, 9.17) is 5.73 Å². The normalized spacial score (nSPS) is 15.8. The second-order valence-electron chi connectivity index (χ2n) is 4.88. The zero-order valence-electron chi connectivity index (χ0n) is 11.4. The number of aromatic amines is 1. The second-order valence-corrected chi connectivity index (χ2v) is 5.63. The Hall–Kier alpha value is -1.31. The molecule has 0 aromatic carbocycles. The number of hydrogen-bond acceptors (Lipinski definition) is 5. The van der Waals surface area contributed by atoms with E-state index >= 15 is 0 Å². The van der Waals surface area contributed by atoms with Gasteiger partial charge in [-0.15, -0.1) is 0 Å². The quantitative estimate of drug-likeness (QED) is 0.792. The van der Waals surface area contributed by atoms with Crippen molar-refractivity contribution < 1.29 is 0 Å². The smallest absolute Gasteiger partial charge is 0.145 e. The van der Waals surface area contributed by atoms with Crippen LogP contribution in [0.15, 0.2) is 16.9 Å². The molecule has 6 N–H and O–H groups in total. The van der Waals surface area contributed by atoms with Crippen molar-refractivity contribution in [1.29, 1.82) is 0 Å². The second kappa shape index (κ2) is 5.99. The highest BCUT2D eigenvalue weighted by atomic mass is 79.9. The first-order valence-electron chi connectivity index (χ1n) is 6.53. The molecule has 6 nitrogen and oxygen atoms in total. The molecule has 20 heavy (non-hydrogen) atoms. The average molecular weight is 339 g/mol. The Kier molecular flexibility index (Phi) is 4.52. The molecule has 0 unspecified atom stereocenters. The summed E-state index contributed by atoms with van der Waals surface area (Å²) in [5.74, 6) is 2.31. The van der Waals surface area contributed by atoms with Crippen molar-refractivity contribution >= 4 is 15.9 Å². The summed E-state index contributed by atoms with van der Waals surface area (Å²) in [6, 6.07) is 1.76. The molecule has 2 aromatic rings. The van der Waals surface area contributed by atoms with Crippen LogP contribution in [0, 0.1) is 0 Å². The van der Waals surface area contributed by atoms with Gasteiger partial charge in [0.1, 0.15) is 16.3 Å². The largest absolute Gasteiger partial charge is 0.344 e. The molecule has 1 saturated carbocycles. The molecule has 7 heteroatoms. The summed E-state index contributed by atoms with van der Waals surface area (Å²) in [7, 11) is 0. The van der Waals surface area contributed by atoms with Crippen LogP contribution in [-0.4, -0.2) is 19.9 Å². The molecule has 1 fully saturated rings. The molecule has 0 spiro atoms. The number of nitrogens with two attached hydrogens (primary N) is 1. The van der Waals surface area contributed by atoms with Gasteiger partial charge in [-0.25, -0.2) is 15.0 Å². The summed E-state index contributed by atoms with van der Waals surface area (Å²) >= 11 is 3.49. The van der Waals surface area contributed by atoms with Gasteiger partial charge in [-0.1, -0.05) is 6.92 Å². The number of hydrogen-bond donors (Lipinski definition) is 3. The Morgan fingerprint density at radius 2 is 2.20 bits per heavy atom. The number of halogens is 1. The van der Waals surface area contributed by atoms with Crippen LogP contribution in [0.5, 0.6) is 0 Å². The predicted octanol–water partition coefficient (Wildman–Crippen LogP) is 3.08. The zero-order valence-corrected chi connectivity index (χ0v) is 13.0. The fourth-order valence-corrected chi connectivity index (χ4v) is 2.46. The fraction of sp³-hybridized carbons (Fsp3) is 0.462. The first-order chi connectivity index (χ1) is 9.19. The van der Waals surface area contributed by atoms with E-state index in [0.717, 1.165) is 28.2 Å². The van der Waals surface area contributed by atoms with E-state index < -0.39 is 0 Å². The highest BCUT2D eigenvalue weighted by molar-refractivity contribution is 9.10. The molecule has 1 aliphatic carbocycles. The minimum absolute atomic E-state index is 0. The minimum atomic E-state index is -0.121. The highest BCUT2D eigenvalue weighted by Crippen LogP contribution is 2.40. The summed E-state index contributed by atoms with van der Waals surface area (Å²) < 4.78 is 0.809. The zero-order chi connectivity index (χ0) is 13.4. The maximum absolute atomic E-state index is 5.98. The first kappa shape index (κ1) is 15.1. The average Bonchev–Trinajstić information content (AvgIpc) is 3.21. The van der Waals surface area contributed by atoms with Crippen LogP contribution in [0.3, 0.4) is 0 Å². The Morgan fingerprint density at radius 3 is 2.85 bits per heavy atom. The van der Waals surface area contributed by atoms with Gasteiger partial charge in [-0.05, 0) is 41.3 Å². The summed E-state index contributed by atoms with van der Waals surface area (Å²) in [6.45, 7) is 2.03. The molecule has 0 saturated heterocycles. The number of aromatic nitrogens is 4.